The minimum atomic E-state index is -4.60. The van der Waals surface area contributed by atoms with Crippen LogP contribution in [0.15, 0.2) is 0 Å². The third kappa shape index (κ3) is 3.03. The number of ether oxygens (including phenoxy) is 1. The Hall–Kier alpha value is 0.0549. The van der Waals surface area contributed by atoms with E-state index in [1.807, 2.05) is 0 Å². The minimum absolute atomic E-state index is 0.532. The molecule has 1 heterocycles. The largest absolute Gasteiger partial charge is 0.469 e. The van der Waals surface area contributed by atoms with E-state index in [0.717, 1.165) is 0 Å². The average Bonchev–Trinajstić information content (AvgIpc) is 2.28. The molecular weight excluding hydrogens is 214 g/mol. The molecule has 2 radical (unpaired) electrons. The van der Waals surface area contributed by atoms with E-state index in [4.69, 9.17) is 27.5 Å². The van der Waals surface area contributed by atoms with Crippen LogP contribution in [0.3, 0.4) is 0 Å². The van der Waals surface area contributed by atoms with Gasteiger partial charge < -0.3 is 24.7 Å². The summed E-state index contributed by atoms with van der Waals surface area (Å²) in [4.78, 5) is 16.7. The molecule has 9 heteroatoms. The molecule has 1 fully saturated rings. The fourth-order valence-corrected chi connectivity index (χ4v) is 1.43. The molecule has 4 unspecified atom stereocenters. The van der Waals surface area contributed by atoms with Crippen LogP contribution < -0.4 is 0 Å². The molecule has 4 N–H and O–H groups in total. The number of hydrogen-bond acceptors (Lipinski definition) is 5. The molecule has 0 aromatic rings. The smallest absolute Gasteiger partial charge is 0.388 e. The molecule has 0 amide bonds. The van der Waals surface area contributed by atoms with Crippen LogP contribution in [-0.4, -0.2) is 58.8 Å². The predicted octanol–water partition coefficient (Wildman–Crippen LogP) is -2.29. The zero-order valence-corrected chi connectivity index (χ0v) is 7.95. The van der Waals surface area contributed by atoms with Crippen LogP contribution in [0.4, 0.5) is 0 Å². The quantitative estimate of drug-likeness (QED) is 0.315. The number of rotatable bonds is 3. The minimum Gasteiger partial charge on any atom is -0.388 e. The van der Waals surface area contributed by atoms with E-state index in [9.17, 15) is 9.67 Å². The van der Waals surface area contributed by atoms with Crippen LogP contribution in [0.1, 0.15) is 0 Å². The predicted molar refractivity (Wildman–Crippen MR) is 44.4 cm³/mol. The summed E-state index contributed by atoms with van der Waals surface area (Å²) in [5, 5.41) is 18.4. The van der Waals surface area contributed by atoms with Crippen molar-refractivity contribution in [2.75, 3.05) is 6.61 Å². The fourth-order valence-electron chi connectivity index (χ4n) is 1.09. The van der Waals surface area contributed by atoms with Crippen LogP contribution in [0, 0.1) is 0 Å². The molecule has 4 atom stereocenters. The first-order valence-electron chi connectivity index (χ1n) is 3.78. The zero-order chi connectivity index (χ0) is 10.9. The lowest BCUT2D eigenvalue weighted by Gasteiger charge is -2.14. The van der Waals surface area contributed by atoms with Crippen molar-refractivity contribution in [3.05, 3.63) is 0 Å². The highest BCUT2D eigenvalue weighted by atomic mass is 31.2. The second-order valence-electron chi connectivity index (χ2n) is 2.91. The molecule has 1 aliphatic rings. The van der Waals surface area contributed by atoms with E-state index < -0.39 is 38.7 Å². The Bertz CT molecular complexity index is 242. The van der Waals surface area contributed by atoms with Gasteiger partial charge in [-0.25, -0.2) is 4.57 Å². The molecule has 14 heavy (non-hydrogen) atoms. The zero-order valence-electron chi connectivity index (χ0n) is 7.05. The van der Waals surface area contributed by atoms with Gasteiger partial charge in [-0.2, -0.15) is 0 Å². The maximum atomic E-state index is 10.3. The summed E-state index contributed by atoms with van der Waals surface area (Å²) < 4.78 is 19.2. The number of phosphoric acid groups is 1. The topological polar surface area (TPSA) is 116 Å². The molecule has 1 saturated heterocycles. The number of phosphoric ester groups is 1. The van der Waals surface area contributed by atoms with Crippen LogP contribution in [0.2, 0.25) is 0 Å². The van der Waals surface area contributed by atoms with Gasteiger partial charge in [-0.15, -0.1) is 0 Å². The highest BCUT2D eigenvalue weighted by Gasteiger charge is 2.40. The van der Waals surface area contributed by atoms with E-state index in [2.05, 4.69) is 4.52 Å². The van der Waals surface area contributed by atoms with E-state index in [0.29, 0.717) is 0 Å². The molecule has 0 bridgehead atoms. The summed E-state index contributed by atoms with van der Waals surface area (Å²) in [5.74, 6) is 0. The Labute approximate surface area is 81.3 Å². The van der Waals surface area contributed by atoms with Crippen molar-refractivity contribution in [2.45, 2.75) is 24.3 Å². The van der Waals surface area contributed by atoms with Gasteiger partial charge in [0, 0.05) is 6.00 Å². The van der Waals surface area contributed by atoms with Gasteiger partial charge in [0.25, 0.3) is 0 Å². The molecule has 0 aromatic heterocycles. The van der Waals surface area contributed by atoms with Crippen molar-refractivity contribution in [1.82, 2.24) is 0 Å². The Kier molecular flexibility index (Phi) is 3.71. The average molecular weight is 224 g/mol. The summed E-state index contributed by atoms with van der Waals surface area (Å²) in [6, 6.07) is -1.07. The summed E-state index contributed by atoms with van der Waals surface area (Å²) in [6.45, 7) is -0.532. The van der Waals surface area contributed by atoms with E-state index >= 15 is 0 Å². The second kappa shape index (κ2) is 4.28. The molecule has 1 rings (SSSR count). The normalized spacial score (nSPS) is 38.9. The fraction of sp³-hybridized carbons (Fsp3) is 1.00. The van der Waals surface area contributed by atoms with Gasteiger partial charge in [0.15, 0.2) is 0 Å². The highest BCUT2D eigenvalue weighted by molar-refractivity contribution is 7.46. The number of hydrogen-bond donors (Lipinski definition) is 4. The molecule has 7 nitrogen and oxygen atoms in total. The molecule has 1 aliphatic heterocycles. The van der Waals surface area contributed by atoms with Crippen molar-refractivity contribution >= 4 is 15.7 Å². The van der Waals surface area contributed by atoms with Crippen LogP contribution >= 0.6 is 7.82 Å². The third-order valence-electron chi connectivity index (χ3n) is 1.81. The Morgan fingerprint density at radius 1 is 1.36 bits per heavy atom. The van der Waals surface area contributed by atoms with Crippen molar-refractivity contribution in [1.29, 1.82) is 0 Å². The summed E-state index contributed by atoms with van der Waals surface area (Å²) >= 11 is 0. The van der Waals surface area contributed by atoms with Gasteiger partial charge in [-0.05, 0) is 0 Å². The lowest BCUT2D eigenvalue weighted by Crippen LogP contribution is -2.34. The van der Waals surface area contributed by atoms with E-state index in [-0.39, 0.29) is 0 Å². The standard InChI is InChI=1S/C5H10BO7P/c6-5-4(8)3(7)2(13-5)1-12-14(9,10)11/h2-5,7-8H,1H2,(H2,9,10,11). The molecule has 80 valence electrons. The maximum absolute atomic E-state index is 10.3. The van der Waals surface area contributed by atoms with Crippen LogP contribution in [0.25, 0.3) is 0 Å². The highest BCUT2D eigenvalue weighted by Crippen LogP contribution is 2.36. The molecule has 0 aromatic carbocycles. The van der Waals surface area contributed by atoms with E-state index in [1.54, 1.807) is 0 Å². The lowest BCUT2D eigenvalue weighted by molar-refractivity contribution is -0.00874. The van der Waals surface area contributed by atoms with E-state index in [1.165, 1.54) is 0 Å². The van der Waals surface area contributed by atoms with Gasteiger partial charge in [-0.1, -0.05) is 0 Å². The SMILES string of the molecule is [B]C1OC(COP(=O)(O)O)C(O)C1O. The van der Waals surface area contributed by atoms with Gasteiger partial charge in [0.1, 0.15) is 20.1 Å². The van der Waals surface area contributed by atoms with Gasteiger partial charge in [0.05, 0.1) is 12.7 Å². The van der Waals surface area contributed by atoms with Gasteiger partial charge in [0.2, 0.25) is 0 Å². The van der Waals surface area contributed by atoms with Crippen LogP contribution in [-0.2, 0) is 13.8 Å². The van der Waals surface area contributed by atoms with Gasteiger partial charge >= 0.3 is 7.82 Å². The summed E-state index contributed by atoms with van der Waals surface area (Å²) in [5.41, 5.74) is 0. The van der Waals surface area contributed by atoms with Gasteiger partial charge in [-0.3, -0.25) is 4.52 Å². The summed E-state index contributed by atoms with van der Waals surface area (Å²) in [7, 11) is 0.619. The maximum Gasteiger partial charge on any atom is 0.469 e. The lowest BCUT2D eigenvalue weighted by atomic mass is 9.93. The first kappa shape index (κ1) is 12.1. The van der Waals surface area contributed by atoms with Crippen molar-refractivity contribution < 1.29 is 33.8 Å². The van der Waals surface area contributed by atoms with Crippen molar-refractivity contribution in [2.24, 2.45) is 0 Å². The first-order valence-corrected chi connectivity index (χ1v) is 5.31. The Balaban J connectivity index is 2.44. The number of aliphatic hydroxyl groups excluding tert-OH is 2. The number of aliphatic hydroxyl groups is 2. The first-order chi connectivity index (χ1) is 6.31. The van der Waals surface area contributed by atoms with Crippen molar-refractivity contribution in [3.8, 4) is 0 Å². The molecule has 0 aliphatic carbocycles. The Morgan fingerprint density at radius 3 is 2.29 bits per heavy atom. The molecule has 0 spiro atoms. The Morgan fingerprint density at radius 2 is 1.93 bits per heavy atom. The molecular formula is C5H10BO7P. The summed E-state index contributed by atoms with van der Waals surface area (Å²) in [6.07, 6.45) is -3.62. The second-order valence-corrected chi connectivity index (χ2v) is 4.15. The van der Waals surface area contributed by atoms with Crippen molar-refractivity contribution in [3.63, 3.8) is 0 Å². The van der Waals surface area contributed by atoms with Crippen LogP contribution in [0.5, 0.6) is 0 Å². The molecule has 0 saturated carbocycles. The monoisotopic (exact) mass is 224 g/mol. The third-order valence-corrected chi connectivity index (χ3v) is 2.29.